The largest absolute Gasteiger partial charge is 0.509 e. The van der Waals surface area contributed by atoms with Crippen LogP contribution in [0.15, 0.2) is 24.3 Å². The Morgan fingerprint density at radius 2 is 1.89 bits per heavy atom. The van der Waals surface area contributed by atoms with E-state index in [1.165, 1.54) is 25.7 Å². The number of carbonyl (C=O) groups is 2. The lowest BCUT2D eigenvalue weighted by molar-refractivity contribution is -0.0518. The van der Waals surface area contributed by atoms with Gasteiger partial charge in [-0.3, -0.25) is 0 Å². The zero-order valence-corrected chi connectivity index (χ0v) is 22.0. The normalized spacial score (nSPS) is 25.3. The SMILES string of the molecule is COc1ccc(C[C@H]2NCC(OC(=O)OC(C)(C)C)[C@H]2OC(=O)NCCN2CCC3(CCC3)C2)cc1. The van der Waals surface area contributed by atoms with Crippen LogP contribution in [0.4, 0.5) is 9.59 Å². The van der Waals surface area contributed by atoms with Crippen molar-refractivity contribution in [2.75, 3.05) is 39.8 Å². The molecule has 1 amide bonds. The molecule has 3 aliphatic rings. The monoisotopic (exact) mass is 503 g/mol. The van der Waals surface area contributed by atoms with Crippen LogP contribution in [-0.2, 0) is 20.6 Å². The molecule has 9 heteroatoms. The Hall–Kier alpha value is -2.52. The van der Waals surface area contributed by atoms with E-state index in [0.29, 0.717) is 24.9 Å². The molecule has 1 unspecified atom stereocenters. The molecule has 0 bridgehead atoms. The lowest BCUT2D eigenvalue weighted by atomic mass is 9.68. The summed E-state index contributed by atoms with van der Waals surface area (Å²) in [6, 6.07) is 7.53. The molecule has 3 fully saturated rings. The van der Waals surface area contributed by atoms with Crippen molar-refractivity contribution in [3.8, 4) is 5.75 Å². The summed E-state index contributed by atoms with van der Waals surface area (Å²) in [6.45, 7) is 9.27. The van der Waals surface area contributed by atoms with Crippen LogP contribution in [0.1, 0.15) is 52.0 Å². The van der Waals surface area contributed by atoms with E-state index in [1.807, 2.05) is 24.3 Å². The van der Waals surface area contributed by atoms with Gasteiger partial charge >= 0.3 is 12.2 Å². The minimum atomic E-state index is -0.771. The standard InChI is InChI=1S/C27H41N3O6/c1-26(2,3)36-25(32)34-22-17-29-21(16-19-6-8-20(33-4)9-7-19)23(22)35-24(31)28-13-15-30-14-12-27(18-30)10-5-11-27/h6-9,21-23,29H,5,10-18H2,1-4H3,(H,28,31)/t21-,22?,23+/m1/s1. The minimum Gasteiger partial charge on any atom is -0.497 e. The lowest BCUT2D eigenvalue weighted by Gasteiger charge is -2.38. The molecule has 1 aromatic carbocycles. The van der Waals surface area contributed by atoms with Crippen LogP contribution in [0, 0.1) is 5.41 Å². The molecule has 0 radical (unpaired) electrons. The third-order valence-electron chi connectivity index (χ3n) is 7.47. The molecule has 1 aromatic rings. The van der Waals surface area contributed by atoms with Crippen LogP contribution in [0.5, 0.6) is 5.75 Å². The molecule has 2 N–H and O–H groups in total. The number of nitrogens with zero attached hydrogens (tertiary/aromatic N) is 1. The van der Waals surface area contributed by atoms with Gasteiger partial charge in [-0.15, -0.1) is 0 Å². The number of benzene rings is 1. The van der Waals surface area contributed by atoms with E-state index in [-0.39, 0.29) is 6.04 Å². The number of hydrogen-bond donors (Lipinski definition) is 2. The average molecular weight is 504 g/mol. The maximum absolute atomic E-state index is 12.7. The molecule has 1 saturated carbocycles. The third kappa shape index (κ3) is 7.03. The number of ether oxygens (including phenoxy) is 4. The van der Waals surface area contributed by atoms with E-state index in [0.717, 1.165) is 30.9 Å². The van der Waals surface area contributed by atoms with Crippen LogP contribution in [0.25, 0.3) is 0 Å². The summed E-state index contributed by atoms with van der Waals surface area (Å²) in [6.07, 6.45) is 3.32. The van der Waals surface area contributed by atoms with Gasteiger partial charge < -0.3 is 34.5 Å². The highest BCUT2D eigenvalue weighted by molar-refractivity contribution is 5.67. The van der Waals surface area contributed by atoms with Crippen molar-refractivity contribution in [1.82, 2.24) is 15.5 Å². The van der Waals surface area contributed by atoms with Crippen LogP contribution in [-0.4, -0.2) is 80.8 Å². The molecule has 2 aliphatic heterocycles. The Morgan fingerprint density at radius 1 is 1.14 bits per heavy atom. The van der Waals surface area contributed by atoms with Gasteiger partial charge in [0.15, 0.2) is 12.2 Å². The number of alkyl carbamates (subject to hydrolysis) is 1. The van der Waals surface area contributed by atoms with Gasteiger partial charge in [0.25, 0.3) is 0 Å². The van der Waals surface area contributed by atoms with Gasteiger partial charge in [-0.05, 0) is 76.1 Å². The first-order valence-electron chi connectivity index (χ1n) is 13.1. The van der Waals surface area contributed by atoms with Crippen molar-refractivity contribution in [1.29, 1.82) is 0 Å². The molecule has 4 rings (SSSR count). The predicted molar refractivity (Wildman–Crippen MR) is 135 cm³/mol. The fraction of sp³-hybridized carbons (Fsp3) is 0.704. The number of amides is 1. The number of likely N-dealkylation sites (tertiary alicyclic amines) is 1. The van der Waals surface area contributed by atoms with E-state index < -0.39 is 30.1 Å². The number of methoxy groups -OCH3 is 1. The van der Waals surface area contributed by atoms with Gasteiger partial charge in [0.2, 0.25) is 0 Å². The second-order valence-electron chi connectivity index (χ2n) is 11.4. The zero-order valence-electron chi connectivity index (χ0n) is 22.0. The maximum atomic E-state index is 12.7. The summed E-state index contributed by atoms with van der Waals surface area (Å²) in [5.41, 5.74) is 0.920. The van der Waals surface area contributed by atoms with Gasteiger partial charge in [-0.2, -0.15) is 0 Å². The quantitative estimate of drug-likeness (QED) is 0.520. The second-order valence-corrected chi connectivity index (χ2v) is 11.4. The Kier molecular flexibility index (Phi) is 8.30. The van der Waals surface area contributed by atoms with Gasteiger partial charge in [-0.1, -0.05) is 18.6 Å². The molecule has 1 aliphatic carbocycles. The van der Waals surface area contributed by atoms with Crippen molar-refractivity contribution in [2.45, 2.75) is 76.7 Å². The van der Waals surface area contributed by atoms with Crippen molar-refractivity contribution < 1.29 is 28.5 Å². The van der Waals surface area contributed by atoms with Crippen molar-refractivity contribution >= 4 is 12.2 Å². The van der Waals surface area contributed by atoms with Crippen molar-refractivity contribution in [3.05, 3.63) is 29.8 Å². The van der Waals surface area contributed by atoms with E-state index >= 15 is 0 Å². The first-order valence-corrected chi connectivity index (χ1v) is 13.1. The Bertz CT molecular complexity index is 896. The molecular formula is C27H41N3O6. The molecular weight excluding hydrogens is 462 g/mol. The Labute approximate surface area is 214 Å². The number of nitrogens with one attached hydrogen (secondary N) is 2. The van der Waals surface area contributed by atoms with Crippen LogP contribution >= 0.6 is 0 Å². The molecule has 3 atom stereocenters. The Morgan fingerprint density at radius 3 is 2.50 bits per heavy atom. The van der Waals surface area contributed by atoms with Gasteiger partial charge in [0, 0.05) is 26.2 Å². The second kappa shape index (κ2) is 11.3. The van der Waals surface area contributed by atoms with Crippen LogP contribution < -0.4 is 15.4 Å². The summed E-state index contributed by atoms with van der Waals surface area (Å²) in [7, 11) is 1.63. The minimum absolute atomic E-state index is 0.214. The molecule has 200 valence electrons. The molecule has 36 heavy (non-hydrogen) atoms. The molecule has 0 aromatic heterocycles. The topological polar surface area (TPSA) is 98.4 Å². The lowest BCUT2D eigenvalue weighted by Crippen LogP contribution is -2.44. The summed E-state index contributed by atoms with van der Waals surface area (Å²) in [4.78, 5) is 27.5. The summed E-state index contributed by atoms with van der Waals surface area (Å²) >= 11 is 0. The zero-order chi connectivity index (χ0) is 25.8. The third-order valence-corrected chi connectivity index (χ3v) is 7.47. The summed E-state index contributed by atoms with van der Waals surface area (Å²) < 4.78 is 22.0. The summed E-state index contributed by atoms with van der Waals surface area (Å²) in [5, 5.41) is 6.25. The first-order chi connectivity index (χ1) is 17.1. The molecule has 9 nitrogen and oxygen atoms in total. The summed E-state index contributed by atoms with van der Waals surface area (Å²) in [5.74, 6) is 0.776. The highest BCUT2D eigenvalue weighted by atomic mass is 16.7. The Balaban J connectivity index is 1.32. The van der Waals surface area contributed by atoms with E-state index in [4.69, 9.17) is 18.9 Å². The maximum Gasteiger partial charge on any atom is 0.509 e. The number of rotatable bonds is 8. The smallest absolute Gasteiger partial charge is 0.497 e. The highest BCUT2D eigenvalue weighted by Crippen LogP contribution is 2.47. The van der Waals surface area contributed by atoms with Crippen molar-refractivity contribution in [2.24, 2.45) is 5.41 Å². The van der Waals surface area contributed by atoms with Gasteiger partial charge in [0.05, 0.1) is 13.2 Å². The van der Waals surface area contributed by atoms with Crippen molar-refractivity contribution in [3.63, 3.8) is 0 Å². The van der Waals surface area contributed by atoms with Crippen LogP contribution in [0.2, 0.25) is 0 Å². The van der Waals surface area contributed by atoms with Crippen LogP contribution in [0.3, 0.4) is 0 Å². The predicted octanol–water partition coefficient (Wildman–Crippen LogP) is 3.50. The fourth-order valence-electron chi connectivity index (χ4n) is 5.41. The van der Waals surface area contributed by atoms with Gasteiger partial charge in [0.1, 0.15) is 11.4 Å². The average Bonchev–Trinajstić information content (AvgIpc) is 3.38. The van der Waals surface area contributed by atoms with Gasteiger partial charge in [-0.25, -0.2) is 9.59 Å². The van der Waals surface area contributed by atoms with E-state index in [1.54, 1.807) is 27.9 Å². The fourth-order valence-corrected chi connectivity index (χ4v) is 5.41. The van der Waals surface area contributed by atoms with E-state index in [9.17, 15) is 9.59 Å². The number of carbonyl (C=O) groups excluding carboxylic acids is 2. The molecule has 2 saturated heterocycles. The van der Waals surface area contributed by atoms with E-state index in [2.05, 4.69) is 15.5 Å². The number of hydrogen-bond acceptors (Lipinski definition) is 8. The highest BCUT2D eigenvalue weighted by Gasteiger charge is 2.43. The molecule has 2 heterocycles. The first kappa shape index (κ1) is 26.5. The molecule has 1 spiro atoms.